The lowest BCUT2D eigenvalue weighted by atomic mass is 10.2. The van der Waals surface area contributed by atoms with Crippen molar-refractivity contribution in [2.45, 2.75) is 13.3 Å². The summed E-state index contributed by atoms with van der Waals surface area (Å²) >= 11 is 0. The van der Waals surface area contributed by atoms with Crippen LogP contribution in [0, 0.1) is 10.1 Å². The molecule has 1 saturated heterocycles. The second kappa shape index (κ2) is 6.92. The van der Waals surface area contributed by atoms with Crippen LogP contribution in [0.25, 0.3) is 0 Å². The molecule has 1 aromatic rings. The number of hydrogen-bond acceptors (Lipinski definition) is 4. The van der Waals surface area contributed by atoms with E-state index in [9.17, 15) is 14.9 Å². The molecule has 1 aromatic carbocycles. The maximum atomic E-state index is 11.8. The van der Waals surface area contributed by atoms with Gasteiger partial charge in [-0.3, -0.25) is 10.1 Å². The first kappa shape index (κ1) is 15.1. The predicted octanol–water partition coefficient (Wildman–Crippen LogP) is 1.84. The fraction of sp³-hybridized carbons (Fsp3) is 0.500. The number of benzene rings is 1. The molecule has 114 valence electrons. The van der Waals surface area contributed by atoms with Crippen molar-refractivity contribution in [2.24, 2.45) is 0 Å². The number of amides is 2. The van der Waals surface area contributed by atoms with Gasteiger partial charge in [-0.05, 0) is 18.6 Å². The van der Waals surface area contributed by atoms with Crippen LogP contribution in [0.4, 0.5) is 16.2 Å². The number of rotatable bonds is 4. The molecule has 0 atom stereocenters. The normalized spacial score (nSPS) is 14.9. The van der Waals surface area contributed by atoms with Crippen molar-refractivity contribution < 1.29 is 9.72 Å². The maximum Gasteiger partial charge on any atom is 0.317 e. The first-order chi connectivity index (χ1) is 10.1. The van der Waals surface area contributed by atoms with E-state index in [4.69, 9.17) is 0 Å². The lowest BCUT2D eigenvalue weighted by molar-refractivity contribution is -0.384. The number of nitrogens with one attached hydrogen (secondary N) is 1. The van der Waals surface area contributed by atoms with Gasteiger partial charge in [0, 0.05) is 50.5 Å². The Morgan fingerprint density at radius 3 is 2.38 bits per heavy atom. The molecule has 1 aliphatic heterocycles. The van der Waals surface area contributed by atoms with E-state index in [0.29, 0.717) is 19.6 Å². The summed E-state index contributed by atoms with van der Waals surface area (Å²) in [6.07, 6.45) is 0.925. The first-order valence-electron chi connectivity index (χ1n) is 7.14. The average molecular weight is 292 g/mol. The summed E-state index contributed by atoms with van der Waals surface area (Å²) < 4.78 is 0. The predicted molar refractivity (Wildman–Crippen MR) is 80.6 cm³/mol. The van der Waals surface area contributed by atoms with Gasteiger partial charge in [0.05, 0.1) is 4.92 Å². The Morgan fingerprint density at radius 2 is 1.86 bits per heavy atom. The van der Waals surface area contributed by atoms with Crippen LogP contribution in [-0.2, 0) is 0 Å². The zero-order chi connectivity index (χ0) is 15.2. The molecule has 7 heteroatoms. The molecule has 1 aliphatic rings. The fourth-order valence-corrected chi connectivity index (χ4v) is 2.30. The Labute approximate surface area is 123 Å². The molecular weight excluding hydrogens is 272 g/mol. The van der Waals surface area contributed by atoms with Gasteiger partial charge in [-0.15, -0.1) is 0 Å². The quantitative estimate of drug-likeness (QED) is 0.678. The van der Waals surface area contributed by atoms with Crippen molar-refractivity contribution in [1.82, 2.24) is 10.2 Å². The number of carbonyl (C=O) groups is 1. The minimum Gasteiger partial charge on any atom is -0.368 e. The summed E-state index contributed by atoms with van der Waals surface area (Å²) in [7, 11) is 0. The summed E-state index contributed by atoms with van der Waals surface area (Å²) in [5.74, 6) is 0. The third-order valence-corrected chi connectivity index (χ3v) is 3.52. The van der Waals surface area contributed by atoms with Gasteiger partial charge in [-0.1, -0.05) is 6.92 Å². The van der Waals surface area contributed by atoms with Crippen molar-refractivity contribution >= 4 is 17.4 Å². The van der Waals surface area contributed by atoms with Crippen molar-refractivity contribution in [3.8, 4) is 0 Å². The van der Waals surface area contributed by atoms with Gasteiger partial charge in [0.15, 0.2) is 0 Å². The molecule has 2 rings (SSSR count). The van der Waals surface area contributed by atoms with E-state index in [1.165, 1.54) is 12.1 Å². The van der Waals surface area contributed by atoms with E-state index in [0.717, 1.165) is 25.2 Å². The third-order valence-electron chi connectivity index (χ3n) is 3.52. The second-order valence-electron chi connectivity index (χ2n) is 4.98. The van der Waals surface area contributed by atoms with Gasteiger partial charge in [0.25, 0.3) is 5.69 Å². The van der Waals surface area contributed by atoms with Crippen molar-refractivity contribution in [3.63, 3.8) is 0 Å². The highest BCUT2D eigenvalue weighted by Gasteiger charge is 2.21. The average Bonchev–Trinajstić information content (AvgIpc) is 2.53. The number of anilines is 1. The molecule has 7 nitrogen and oxygen atoms in total. The second-order valence-corrected chi connectivity index (χ2v) is 4.98. The van der Waals surface area contributed by atoms with E-state index < -0.39 is 4.92 Å². The Hall–Kier alpha value is -2.31. The molecule has 1 N–H and O–H groups in total. The number of nitro benzene ring substituents is 1. The Kier molecular flexibility index (Phi) is 4.97. The van der Waals surface area contributed by atoms with Gasteiger partial charge in [-0.25, -0.2) is 4.79 Å². The highest BCUT2D eigenvalue weighted by atomic mass is 16.6. The molecule has 21 heavy (non-hydrogen) atoms. The largest absolute Gasteiger partial charge is 0.368 e. The van der Waals surface area contributed by atoms with Crippen LogP contribution in [0.3, 0.4) is 0 Å². The van der Waals surface area contributed by atoms with E-state index in [2.05, 4.69) is 10.2 Å². The van der Waals surface area contributed by atoms with Crippen LogP contribution in [0.5, 0.6) is 0 Å². The lowest BCUT2D eigenvalue weighted by Gasteiger charge is -2.36. The fourth-order valence-electron chi connectivity index (χ4n) is 2.30. The Balaban J connectivity index is 1.88. The molecule has 0 radical (unpaired) electrons. The zero-order valence-corrected chi connectivity index (χ0v) is 12.1. The number of nitro groups is 1. The molecule has 0 saturated carbocycles. The third kappa shape index (κ3) is 3.84. The molecule has 0 spiro atoms. The smallest absolute Gasteiger partial charge is 0.317 e. The number of urea groups is 1. The zero-order valence-electron chi connectivity index (χ0n) is 12.1. The molecule has 0 aromatic heterocycles. The van der Waals surface area contributed by atoms with Gasteiger partial charge in [0.2, 0.25) is 0 Å². The summed E-state index contributed by atoms with van der Waals surface area (Å²) in [6, 6.07) is 6.52. The molecule has 1 heterocycles. The number of carbonyl (C=O) groups excluding carboxylic acids is 1. The van der Waals surface area contributed by atoms with Crippen molar-refractivity contribution in [2.75, 3.05) is 37.6 Å². The van der Waals surface area contributed by atoms with E-state index in [1.54, 1.807) is 17.0 Å². The first-order valence-corrected chi connectivity index (χ1v) is 7.14. The van der Waals surface area contributed by atoms with Crippen molar-refractivity contribution in [1.29, 1.82) is 0 Å². The van der Waals surface area contributed by atoms with Crippen LogP contribution >= 0.6 is 0 Å². The maximum absolute atomic E-state index is 11.8. The monoisotopic (exact) mass is 292 g/mol. The van der Waals surface area contributed by atoms with Crippen molar-refractivity contribution in [3.05, 3.63) is 34.4 Å². The van der Waals surface area contributed by atoms with Crippen LogP contribution in [0.2, 0.25) is 0 Å². The molecule has 2 amide bonds. The van der Waals surface area contributed by atoms with Gasteiger partial charge >= 0.3 is 6.03 Å². The van der Waals surface area contributed by atoms with Gasteiger partial charge < -0.3 is 15.1 Å². The molecule has 0 aliphatic carbocycles. The Morgan fingerprint density at radius 1 is 1.24 bits per heavy atom. The highest BCUT2D eigenvalue weighted by molar-refractivity contribution is 5.74. The molecule has 0 unspecified atom stereocenters. The minimum atomic E-state index is -0.403. The minimum absolute atomic E-state index is 0.0137. The van der Waals surface area contributed by atoms with Crippen LogP contribution in [-0.4, -0.2) is 48.6 Å². The van der Waals surface area contributed by atoms with Crippen LogP contribution in [0.1, 0.15) is 13.3 Å². The summed E-state index contributed by atoms with van der Waals surface area (Å²) in [4.78, 5) is 26.0. The van der Waals surface area contributed by atoms with E-state index >= 15 is 0 Å². The highest BCUT2D eigenvalue weighted by Crippen LogP contribution is 2.20. The molecule has 0 bridgehead atoms. The number of nitrogens with zero attached hydrogens (tertiary/aromatic N) is 3. The summed E-state index contributed by atoms with van der Waals surface area (Å²) in [5, 5.41) is 13.5. The molecular formula is C14H20N4O3. The van der Waals surface area contributed by atoms with Gasteiger partial charge in [0.1, 0.15) is 0 Å². The standard InChI is InChI=1S/C14H20N4O3/c1-2-7-15-14(19)17-10-8-16(9-11-17)12-3-5-13(6-4-12)18(20)21/h3-6H,2,7-11H2,1H3,(H,15,19). The lowest BCUT2D eigenvalue weighted by Crippen LogP contribution is -2.52. The summed E-state index contributed by atoms with van der Waals surface area (Å²) in [5.41, 5.74) is 1.05. The topological polar surface area (TPSA) is 78.7 Å². The number of piperazine rings is 1. The van der Waals surface area contributed by atoms with Gasteiger partial charge in [-0.2, -0.15) is 0 Å². The molecule has 1 fully saturated rings. The SMILES string of the molecule is CCCNC(=O)N1CCN(c2ccc([N+](=O)[O-])cc2)CC1. The Bertz CT molecular complexity index is 495. The van der Waals surface area contributed by atoms with Crippen LogP contribution < -0.4 is 10.2 Å². The number of hydrogen-bond donors (Lipinski definition) is 1. The number of non-ortho nitro benzene ring substituents is 1. The van der Waals surface area contributed by atoms with Crippen LogP contribution in [0.15, 0.2) is 24.3 Å². The van der Waals surface area contributed by atoms with E-state index in [1.807, 2.05) is 6.92 Å². The summed E-state index contributed by atoms with van der Waals surface area (Å²) in [6.45, 7) is 5.50. The van der Waals surface area contributed by atoms with E-state index in [-0.39, 0.29) is 11.7 Å².